The molecule has 2 fully saturated rings. The Morgan fingerprint density at radius 3 is 1.29 bits per heavy atom. The minimum absolute atomic E-state index is 0.199. The van der Waals surface area contributed by atoms with Gasteiger partial charge in [-0.15, -0.1) is 0 Å². The van der Waals surface area contributed by atoms with Crippen molar-refractivity contribution in [3.63, 3.8) is 0 Å². The van der Waals surface area contributed by atoms with E-state index in [0.29, 0.717) is 30.6 Å². The van der Waals surface area contributed by atoms with Gasteiger partial charge in [-0.25, -0.2) is 28.8 Å². The molecule has 41 heavy (non-hydrogen) atoms. The minimum Gasteiger partial charge on any atom is -0.211 e. The first-order chi connectivity index (χ1) is 20.0. The molecular weight excluding hydrogens is 528 g/mol. The zero-order valence-electron chi connectivity index (χ0n) is 22.1. The van der Waals surface area contributed by atoms with Gasteiger partial charge in [0, 0.05) is 22.6 Å². The molecule has 0 spiro atoms. The van der Waals surface area contributed by atoms with Crippen molar-refractivity contribution in [1.82, 2.24) is 0 Å². The predicted molar refractivity (Wildman–Crippen MR) is 146 cm³/mol. The summed E-state index contributed by atoms with van der Waals surface area (Å²) in [5, 5.41) is 1.50. The number of hydrogen-bond acceptors (Lipinski definition) is 12. The van der Waals surface area contributed by atoms with Crippen molar-refractivity contribution in [3.8, 4) is 0 Å². The van der Waals surface area contributed by atoms with E-state index in [1.807, 2.05) is 0 Å². The molecule has 2 atom stereocenters. The van der Waals surface area contributed by atoms with E-state index in [1.165, 1.54) is 36.5 Å². The first-order valence-corrected chi connectivity index (χ1v) is 13.1. The SMILES string of the molecule is O=C=NC1(N=C=O)CCCCC1CC1CCCCC1(N=C=O)N=C=O.O=C=Nc1cccc2c(N=C=O)cccc12. The van der Waals surface area contributed by atoms with Gasteiger partial charge >= 0.3 is 0 Å². The van der Waals surface area contributed by atoms with Crippen LogP contribution in [0.3, 0.4) is 0 Å². The van der Waals surface area contributed by atoms with Crippen LogP contribution in [0.5, 0.6) is 0 Å². The average Bonchev–Trinajstić information content (AvgIpc) is 2.97. The molecule has 4 rings (SSSR count). The second kappa shape index (κ2) is 14.9. The Labute approximate surface area is 234 Å². The maximum Gasteiger partial charge on any atom is 0.240 e. The monoisotopic (exact) mass is 554 g/mol. The third kappa shape index (κ3) is 7.14. The van der Waals surface area contributed by atoms with Crippen LogP contribution in [0.15, 0.2) is 66.4 Å². The summed E-state index contributed by atoms with van der Waals surface area (Å²) < 4.78 is 0. The third-order valence-corrected chi connectivity index (χ3v) is 7.74. The Morgan fingerprint density at radius 2 is 0.951 bits per heavy atom. The Morgan fingerprint density at radius 1 is 0.561 bits per heavy atom. The number of carbonyl (C=O) groups excluding carboxylic acids is 6. The van der Waals surface area contributed by atoms with Crippen molar-refractivity contribution in [2.24, 2.45) is 41.8 Å². The molecule has 0 bridgehead atoms. The second-order valence-corrected chi connectivity index (χ2v) is 9.75. The van der Waals surface area contributed by atoms with Crippen molar-refractivity contribution in [2.75, 3.05) is 0 Å². The van der Waals surface area contributed by atoms with Crippen LogP contribution >= 0.6 is 0 Å². The summed E-state index contributed by atoms with van der Waals surface area (Å²) in [5.41, 5.74) is -1.31. The summed E-state index contributed by atoms with van der Waals surface area (Å²) in [6, 6.07) is 10.5. The standard InChI is InChI=1S/C17H20N4O4.C12H6N2O2/c22-10-18-16(19-11-23)7-3-1-5-14(16)9-15-6-2-4-8-17(15,20-12-24)21-13-25;15-7-13-11-5-1-3-9-10(11)4-2-6-12(9)14-8-16/h14-15H,1-9H2;1-6H. The Hall–Kier alpha value is -5.02. The molecule has 2 aromatic carbocycles. The van der Waals surface area contributed by atoms with Crippen LogP contribution in [0, 0.1) is 11.8 Å². The highest BCUT2D eigenvalue weighted by molar-refractivity contribution is 6.00. The van der Waals surface area contributed by atoms with Crippen molar-refractivity contribution < 1.29 is 28.8 Å². The minimum atomic E-state index is -1.17. The van der Waals surface area contributed by atoms with E-state index in [2.05, 4.69) is 30.0 Å². The van der Waals surface area contributed by atoms with Gasteiger partial charge in [0.05, 0.1) is 11.4 Å². The van der Waals surface area contributed by atoms with Crippen LogP contribution in [0.1, 0.15) is 57.8 Å². The van der Waals surface area contributed by atoms with Gasteiger partial charge in [-0.05, 0) is 57.1 Å². The van der Waals surface area contributed by atoms with Crippen LogP contribution in [-0.4, -0.2) is 47.8 Å². The van der Waals surface area contributed by atoms with Crippen LogP contribution in [-0.2, 0) is 28.8 Å². The molecule has 2 saturated carbocycles. The van der Waals surface area contributed by atoms with E-state index < -0.39 is 11.3 Å². The van der Waals surface area contributed by atoms with Gasteiger partial charge in [0.2, 0.25) is 36.5 Å². The lowest BCUT2D eigenvalue weighted by Gasteiger charge is -2.42. The van der Waals surface area contributed by atoms with Gasteiger partial charge in [0.25, 0.3) is 0 Å². The molecule has 208 valence electrons. The Balaban J connectivity index is 0.000000248. The first-order valence-electron chi connectivity index (χ1n) is 13.1. The van der Waals surface area contributed by atoms with E-state index in [1.54, 1.807) is 36.4 Å². The van der Waals surface area contributed by atoms with E-state index >= 15 is 0 Å². The highest BCUT2D eigenvalue weighted by Crippen LogP contribution is 2.47. The predicted octanol–water partition coefficient (Wildman–Crippen LogP) is 5.27. The number of aliphatic imine (C=N–C) groups is 6. The fourth-order valence-corrected chi connectivity index (χ4v) is 5.90. The molecule has 2 aliphatic carbocycles. The molecular formula is C29H26N6O6. The van der Waals surface area contributed by atoms with Crippen LogP contribution in [0.2, 0.25) is 0 Å². The lowest BCUT2D eigenvalue weighted by Crippen LogP contribution is -2.43. The topological polar surface area (TPSA) is 177 Å². The molecule has 0 amide bonds. The number of rotatable bonds is 8. The highest BCUT2D eigenvalue weighted by atomic mass is 16.1. The van der Waals surface area contributed by atoms with Gasteiger partial charge < -0.3 is 0 Å². The van der Waals surface area contributed by atoms with Gasteiger partial charge in [0.1, 0.15) is 0 Å². The molecule has 2 aliphatic rings. The highest BCUT2D eigenvalue weighted by Gasteiger charge is 2.48. The lowest BCUT2D eigenvalue weighted by molar-refractivity contribution is 0.109. The van der Waals surface area contributed by atoms with Crippen molar-refractivity contribution in [3.05, 3.63) is 36.4 Å². The average molecular weight is 555 g/mol. The van der Waals surface area contributed by atoms with Gasteiger partial charge in [-0.3, -0.25) is 0 Å². The molecule has 0 saturated heterocycles. The smallest absolute Gasteiger partial charge is 0.211 e. The van der Waals surface area contributed by atoms with Crippen molar-refractivity contribution in [2.45, 2.75) is 69.1 Å². The second-order valence-electron chi connectivity index (χ2n) is 9.75. The molecule has 2 aromatic rings. The first kappa shape index (κ1) is 30.5. The zero-order valence-corrected chi connectivity index (χ0v) is 22.1. The van der Waals surface area contributed by atoms with Crippen LogP contribution in [0.25, 0.3) is 10.8 Å². The third-order valence-electron chi connectivity index (χ3n) is 7.74. The molecule has 0 heterocycles. The summed E-state index contributed by atoms with van der Waals surface area (Å²) in [6.45, 7) is 0. The van der Waals surface area contributed by atoms with E-state index in [9.17, 15) is 28.8 Å². The van der Waals surface area contributed by atoms with E-state index in [0.717, 1.165) is 49.3 Å². The number of isocyanates is 6. The number of fused-ring (bicyclic) bond motifs is 1. The largest absolute Gasteiger partial charge is 0.240 e. The Bertz CT molecular complexity index is 1400. The maximum absolute atomic E-state index is 10.9. The fraction of sp³-hybridized carbons (Fsp3) is 0.448. The molecule has 2 unspecified atom stereocenters. The molecule has 0 radical (unpaired) electrons. The summed E-state index contributed by atoms with van der Waals surface area (Å²) in [5.74, 6) is -0.398. The summed E-state index contributed by atoms with van der Waals surface area (Å²) >= 11 is 0. The van der Waals surface area contributed by atoms with Crippen molar-refractivity contribution in [1.29, 1.82) is 0 Å². The molecule has 0 aliphatic heterocycles. The van der Waals surface area contributed by atoms with E-state index in [4.69, 9.17) is 0 Å². The van der Waals surface area contributed by atoms with Crippen LogP contribution in [0.4, 0.5) is 11.4 Å². The van der Waals surface area contributed by atoms with Gasteiger partial charge in [-0.1, -0.05) is 37.1 Å². The van der Waals surface area contributed by atoms with Crippen molar-refractivity contribution >= 4 is 58.6 Å². The normalized spacial score (nSPS) is 24.6. The molecule has 12 nitrogen and oxygen atoms in total. The molecule has 0 aromatic heterocycles. The lowest BCUT2D eigenvalue weighted by atomic mass is 9.69. The van der Waals surface area contributed by atoms with Gasteiger partial charge in [0.15, 0.2) is 11.3 Å². The summed E-state index contributed by atoms with van der Waals surface area (Å²) in [7, 11) is 0. The number of benzene rings is 2. The van der Waals surface area contributed by atoms with Crippen LogP contribution < -0.4 is 0 Å². The summed E-state index contributed by atoms with van der Waals surface area (Å²) in [6.07, 6.45) is 15.4. The fourth-order valence-electron chi connectivity index (χ4n) is 5.90. The molecule has 12 heteroatoms. The number of hydrogen-bond donors (Lipinski definition) is 0. The molecule has 0 N–H and O–H groups in total. The number of nitrogens with zero attached hydrogens (tertiary/aromatic N) is 6. The van der Waals surface area contributed by atoms with Gasteiger partial charge in [-0.2, -0.15) is 30.0 Å². The maximum atomic E-state index is 10.9. The quantitative estimate of drug-likeness (QED) is 0.317. The summed E-state index contributed by atoms with van der Waals surface area (Å²) in [4.78, 5) is 86.7. The zero-order chi connectivity index (χ0) is 29.6. The Kier molecular flexibility index (Phi) is 11.1. The van der Waals surface area contributed by atoms with E-state index in [-0.39, 0.29) is 11.8 Å².